The quantitative estimate of drug-likeness (QED) is 0.861. The van der Waals surface area contributed by atoms with E-state index in [1.54, 1.807) is 7.11 Å². The molecular weight excluding hydrogens is 280 g/mol. The summed E-state index contributed by atoms with van der Waals surface area (Å²) in [5.41, 5.74) is 1.70. The lowest BCUT2D eigenvalue weighted by molar-refractivity contribution is 0.308. The maximum atomic E-state index is 9.02. The van der Waals surface area contributed by atoms with Crippen molar-refractivity contribution in [3.8, 4) is 11.8 Å². The molecule has 0 N–H and O–H groups in total. The second-order valence-electron chi connectivity index (χ2n) is 5.55. The van der Waals surface area contributed by atoms with E-state index in [1.807, 2.05) is 25.1 Å². The standard InChI is InChI=1S/C16H18N4O2/c1-11-18-16(22-19-11)14-5-6-20(10-14)9-12-3-4-13(8-17)15(7-12)21-2/h3-4,7,14H,5-6,9-10H2,1-2H3. The third kappa shape index (κ3) is 2.95. The van der Waals surface area contributed by atoms with E-state index in [1.165, 1.54) is 0 Å². The average molecular weight is 298 g/mol. The molecule has 22 heavy (non-hydrogen) atoms. The van der Waals surface area contributed by atoms with Crippen LogP contribution in [-0.4, -0.2) is 35.2 Å². The molecule has 1 fully saturated rings. The van der Waals surface area contributed by atoms with Crippen molar-refractivity contribution in [3.63, 3.8) is 0 Å². The monoisotopic (exact) mass is 298 g/mol. The summed E-state index contributed by atoms with van der Waals surface area (Å²) in [6.07, 6.45) is 1.02. The number of aromatic nitrogens is 2. The largest absolute Gasteiger partial charge is 0.495 e. The summed E-state index contributed by atoms with van der Waals surface area (Å²) in [5.74, 6) is 2.35. The number of rotatable bonds is 4. The lowest BCUT2D eigenvalue weighted by Crippen LogP contribution is -2.19. The highest BCUT2D eigenvalue weighted by Gasteiger charge is 2.28. The van der Waals surface area contributed by atoms with E-state index >= 15 is 0 Å². The molecule has 0 amide bonds. The minimum atomic E-state index is 0.307. The molecule has 1 aromatic heterocycles. The zero-order valence-electron chi connectivity index (χ0n) is 12.7. The summed E-state index contributed by atoms with van der Waals surface area (Å²) in [5, 5.41) is 12.9. The maximum Gasteiger partial charge on any atom is 0.231 e. The zero-order chi connectivity index (χ0) is 15.5. The fraction of sp³-hybridized carbons (Fsp3) is 0.438. The third-order valence-corrected chi connectivity index (χ3v) is 3.96. The second-order valence-corrected chi connectivity index (χ2v) is 5.55. The molecule has 0 bridgehead atoms. The van der Waals surface area contributed by atoms with E-state index < -0.39 is 0 Å². The molecule has 114 valence electrons. The van der Waals surface area contributed by atoms with Gasteiger partial charge in [-0.2, -0.15) is 10.2 Å². The molecule has 0 spiro atoms. The summed E-state index contributed by atoms with van der Waals surface area (Å²) in [6, 6.07) is 7.85. The van der Waals surface area contributed by atoms with Gasteiger partial charge in [0.2, 0.25) is 5.89 Å². The number of aryl methyl sites for hydroxylation is 1. The number of hydrogen-bond donors (Lipinski definition) is 0. The van der Waals surface area contributed by atoms with E-state index in [0.717, 1.165) is 37.5 Å². The number of nitrogens with zero attached hydrogens (tertiary/aromatic N) is 4. The van der Waals surface area contributed by atoms with Crippen molar-refractivity contribution < 1.29 is 9.26 Å². The summed E-state index contributed by atoms with van der Waals surface area (Å²) in [7, 11) is 1.59. The summed E-state index contributed by atoms with van der Waals surface area (Å²) < 4.78 is 10.5. The van der Waals surface area contributed by atoms with Gasteiger partial charge < -0.3 is 9.26 Å². The van der Waals surface area contributed by atoms with Crippen LogP contribution in [0.3, 0.4) is 0 Å². The molecule has 1 aliphatic heterocycles. The molecule has 0 aliphatic carbocycles. The van der Waals surface area contributed by atoms with Crippen LogP contribution in [0.1, 0.15) is 35.2 Å². The van der Waals surface area contributed by atoms with E-state index in [9.17, 15) is 0 Å². The van der Waals surface area contributed by atoms with Crippen LogP contribution >= 0.6 is 0 Å². The highest BCUT2D eigenvalue weighted by Crippen LogP contribution is 2.28. The van der Waals surface area contributed by atoms with Gasteiger partial charge in [-0.25, -0.2) is 0 Å². The van der Waals surface area contributed by atoms with Gasteiger partial charge in [0.05, 0.1) is 18.6 Å². The predicted molar refractivity (Wildman–Crippen MR) is 79.4 cm³/mol. The molecule has 2 heterocycles. The van der Waals surface area contributed by atoms with E-state index in [-0.39, 0.29) is 0 Å². The third-order valence-electron chi connectivity index (χ3n) is 3.96. The first kappa shape index (κ1) is 14.5. The van der Waals surface area contributed by atoms with Crippen molar-refractivity contribution in [2.45, 2.75) is 25.8 Å². The summed E-state index contributed by atoms with van der Waals surface area (Å²) in [4.78, 5) is 6.68. The Morgan fingerprint density at radius 1 is 1.50 bits per heavy atom. The second kappa shape index (κ2) is 6.16. The molecule has 0 saturated carbocycles. The lowest BCUT2D eigenvalue weighted by atomic mass is 10.1. The van der Waals surface area contributed by atoms with Gasteiger partial charge in [-0.3, -0.25) is 4.90 Å². The van der Waals surface area contributed by atoms with Gasteiger partial charge in [-0.15, -0.1) is 0 Å². The molecular formula is C16H18N4O2. The van der Waals surface area contributed by atoms with Crippen LogP contribution in [-0.2, 0) is 6.54 Å². The highest BCUT2D eigenvalue weighted by molar-refractivity contribution is 5.45. The zero-order valence-corrected chi connectivity index (χ0v) is 12.7. The summed E-state index contributed by atoms with van der Waals surface area (Å²) in [6.45, 7) is 4.56. The number of likely N-dealkylation sites (tertiary alicyclic amines) is 1. The first-order chi connectivity index (χ1) is 10.7. The van der Waals surface area contributed by atoms with Crippen LogP contribution in [0.15, 0.2) is 22.7 Å². The predicted octanol–water partition coefficient (Wildman–Crippen LogP) is 2.25. The van der Waals surface area contributed by atoms with Crippen LogP contribution in [0.2, 0.25) is 0 Å². The molecule has 1 unspecified atom stereocenters. The Hall–Kier alpha value is -2.39. The Bertz CT molecular complexity index is 704. The average Bonchev–Trinajstić information content (AvgIpc) is 3.16. The fourth-order valence-corrected chi connectivity index (χ4v) is 2.84. The Morgan fingerprint density at radius 3 is 3.05 bits per heavy atom. The maximum absolute atomic E-state index is 9.02. The number of methoxy groups -OCH3 is 1. The van der Waals surface area contributed by atoms with Crippen molar-refractivity contribution in [2.75, 3.05) is 20.2 Å². The molecule has 1 aliphatic rings. The minimum Gasteiger partial charge on any atom is -0.495 e. The van der Waals surface area contributed by atoms with Crippen molar-refractivity contribution in [2.24, 2.45) is 0 Å². The first-order valence-electron chi connectivity index (χ1n) is 7.29. The van der Waals surface area contributed by atoms with Crippen molar-refractivity contribution in [1.82, 2.24) is 15.0 Å². The van der Waals surface area contributed by atoms with Crippen molar-refractivity contribution in [1.29, 1.82) is 5.26 Å². The number of benzene rings is 1. The number of nitriles is 1. The molecule has 3 rings (SSSR count). The van der Waals surface area contributed by atoms with E-state index in [2.05, 4.69) is 21.1 Å². The number of ether oxygens (including phenoxy) is 1. The number of hydrogen-bond acceptors (Lipinski definition) is 6. The smallest absolute Gasteiger partial charge is 0.231 e. The first-order valence-corrected chi connectivity index (χ1v) is 7.29. The van der Waals surface area contributed by atoms with Crippen LogP contribution in [0.25, 0.3) is 0 Å². The summed E-state index contributed by atoms with van der Waals surface area (Å²) >= 11 is 0. The van der Waals surface area contributed by atoms with Crippen molar-refractivity contribution in [3.05, 3.63) is 41.0 Å². The Morgan fingerprint density at radius 2 is 2.36 bits per heavy atom. The van der Waals surface area contributed by atoms with E-state index in [4.69, 9.17) is 14.5 Å². The van der Waals surface area contributed by atoms with Gasteiger partial charge in [0.1, 0.15) is 11.8 Å². The highest BCUT2D eigenvalue weighted by atomic mass is 16.5. The molecule has 6 heteroatoms. The Balaban J connectivity index is 1.66. The molecule has 0 radical (unpaired) electrons. The fourth-order valence-electron chi connectivity index (χ4n) is 2.84. The van der Waals surface area contributed by atoms with Gasteiger partial charge in [-0.05, 0) is 37.6 Å². The van der Waals surface area contributed by atoms with Crippen LogP contribution in [0, 0.1) is 18.3 Å². The van der Waals surface area contributed by atoms with Gasteiger partial charge >= 0.3 is 0 Å². The normalized spacial score (nSPS) is 18.3. The van der Waals surface area contributed by atoms with Crippen molar-refractivity contribution >= 4 is 0 Å². The SMILES string of the molecule is COc1cc(CN2CCC(c3nc(C)no3)C2)ccc1C#N. The van der Waals surface area contributed by atoms with Gasteiger partial charge in [0.15, 0.2) is 5.82 Å². The molecule has 6 nitrogen and oxygen atoms in total. The molecule has 1 saturated heterocycles. The Labute approximate surface area is 129 Å². The van der Waals surface area contributed by atoms with Gasteiger partial charge in [0.25, 0.3) is 0 Å². The molecule has 2 aromatic rings. The van der Waals surface area contributed by atoms with Gasteiger partial charge in [-0.1, -0.05) is 11.2 Å². The minimum absolute atomic E-state index is 0.307. The van der Waals surface area contributed by atoms with Gasteiger partial charge in [0, 0.05) is 13.1 Å². The molecule has 1 atom stereocenters. The Kier molecular flexibility index (Phi) is 4.07. The topological polar surface area (TPSA) is 75.2 Å². The van der Waals surface area contributed by atoms with Crippen LogP contribution < -0.4 is 4.74 Å². The van der Waals surface area contributed by atoms with Crippen LogP contribution in [0.5, 0.6) is 5.75 Å². The molecule has 1 aromatic carbocycles. The van der Waals surface area contributed by atoms with E-state index in [0.29, 0.717) is 23.1 Å². The van der Waals surface area contributed by atoms with Crippen LogP contribution in [0.4, 0.5) is 0 Å². The lowest BCUT2D eigenvalue weighted by Gasteiger charge is -2.16.